The molecule has 1 aromatic carbocycles. The van der Waals surface area contributed by atoms with E-state index in [2.05, 4.69) is 57.1 Å². The Bertz CT molecular complexity index is 562. The second kappa shape index (κ2) is 4.22. The van der Waals surface area contributed by atoms with Crippen LogP contribution in [0.1, 0.15) is 30.1 Å². The average Bonchev–Trinajstić information content (AvgIpc) is 3.12. The summed E-state index contributed by atoms with van der Waals surface area (Å²) in [6.07, 6.45) is 2.45. The second-order valence-corrected chi connectivity index (χ2v) is 5.34. The highest BCUT2D eigenvalue weighted by Gasteiger charge is 2.27. The molecule has 0 bridgehead atoms. The van der Waals surface area contributed by atoms with Gasteiger partial charge in [0.25, 0.3) is 0 Å². The maximum atomic E-state index is 4.69. The van der Waals surface area contributed by atoms with Gasteiger partial charge in [0, 0.05) is 11.5 Å². The molecule has 1 aliphatic carbocycles. The zero-order valence-electron chi connectivity index (χ0n) is 9.65. The minimum Gasteiger partial charge on any atom is -0.233 e. The summed E-state index contributed by atoms with van der Waals surface area (Å²) in [5.74, 6) is 1.56. The zero-order chi connectivity index (χ0) is 11.8. The van der Waals surface area contributed by atoms with E-state index in [1.54, 1.807) is 0 Å². The summed E-state index contributed by atoms with van der Waals surface area (Å²) in [5, 5.41) is 0. The molecule has 1 saturated carbocycles. The Balaban J connectivity index is 2.11. The largest absolute Gasteiger partial charge is 0.233 e. The van der Waals surface area contributed by atoms with Crippen LogP contribution in [0.2, 0.25) is 0 Å². The molecule has 17 heavy (non-hydrogen) atoms. The third-order valence-electron chi connectivity index (χ3n) is 3.08. The van der Waals surface area contributed by atoms with Crippen LogP contribution < -0.4 is 0 Å². The molecule has 3 heteroatoms. The standard InChI is InChI=1S/C14H13BrN2/c1-9-4-2-3-5-11(9)12-8-13(15)17-14(16-12)10-6-7-10/h2-5,8,10H,6-7H2,1H3. The summed E-state index contributed by atoms with van der Waals surface area (Å²) in [6.45, 7) is 2.11. The smallest absolute Gasteiger partial charge is 0.133 e. The molecule has 0 atom stereocenters. The first-order chi connectivity index (χ1) is 8.24. The van der Waals surface area contributed by atoms with Crippen LogP contribution in [0.3, 0.4) is 0 Å². The van der Waals surface area contributed by atoms with E-state index in [1.165, 1.54) is 24.0 Å². The van der Waals surface area contributed by atoms with Gasteiger partial charge in [-0.15, -0.1) is 0 Å². The molecule has 2 aromatic rings. The molecule has 0 radical (unpaired) electrons. The molecule has 86 valence electrons. The fraction of sp³-hybridized carbons (Fsp3) is 0.286. The summed E-state index contributed by atoms with van der Waals surface area (Å²) >= 11 is 3.48. The zero-order valence-corrected chi connectivity index (χ0v) is 11.2. The maximum Gasteiger partial charge on any atom is 0.133 e. The van der Waals surface area contributed by atoms with Crippen LogP contribution in [0, 0.1) is 6.92 Å². The van der Waals surface area contributed by atoms with Gasteiger partial charge in [0.1, 0.15) is 10.4 Å². The molecule has 1 aliphatic rings. The van der Waals surface area contributed by atoms with Crippen molar-refractivity contribution < 1.29 is 0 Å². The molecule has 0 spiro atoms. The molecular formula is C14H13BrN2. The third kappa shape index (κ3) is 2.25. The molecule has 2 nitrogen and oxygen atoms in total. The lowest BCUT2D eigenvalue weighted by molar-refractivity contribution is 0.919. The molecule has 0 saturated heterocycles. The quantitative estimate of drug-likeness (QED) is 0.778. The monoisotopic (exact) mass is 288 g/mol. The predicted molar refractivity (Wildman–Crippen MR) is 71.9 cm³/mol. The van der Waals surface area contributed by atoms with Crippen LogP contribution >= 0.6 is 15.9 Å². The van der Waals surface area contributed by atoms with Crippen molar-refractivity contribution in [3.05, 3.63) is 46.3 Å². The average molecular weight is 289 g/mol. The fourth-order valence-corrected chi connectivity index (χ4v) is 2.36. The highest BCUT2D eigenvalue weighted by atomic mass is 79.9. The van der Waals surface area contributed by atoms with Gasteiger partial charge in [-0.05, 0) is 47.3 Å². The Hall–Kier alpha value is -1.22. The van der Waals surface area contributed by atoms with E-state index < -0.39 is 0 Å². The summed E-state index contributed by atoms with van der Waals surface area (Å²) in [7, 11) is 0. The number of rotatable bonds is 2. The van der Waals surface area contributed by atoms with E-state index >= 15 is 0 Å². The molecule has 0 unspecified atom stereocenters. The number of hydrogen-bond donors (Lipinski definition) is 0. The minimum absolute atomic E-state index is 0.579. The number of aryl methyl sites for hydroxylation is 1. The molecule has 0 aliphatic heterocycles. The lowest BCUT2D eigenvalue weighted by Crippen LogP contribution is -1.96. The van der Waals surface area contributed by atoms with Crippen LogP contribution in [0.25, 0.3) is 11.3 Å². The lowest BCUT2D eigenvalue weighted by Gasteiger charge is -2.07. The molecular weight excluding hydrogens is 276 g/mol. The summed E-state index contributed by atoms with van der Waals surface area (Å²) in [6, 6.07) is 10.3. The maximum absolute atomic E-state index is 4.69. The van der Waals surface area contributed by atoms with Crippen molar-refractivity contribution in [1.29, 1.82) is 0 Å². The van der Waals surface area contributed by atoms with Crippen molar-refractivity contribution in [2.45, 2.75) is 25.7 Å². The van der Waals surface area contributed by atoms with Crippen LogP contribution in [0.5, 0.6) is 0 Å². The van der Waals surface area contributed by atoms with E-state index in [1.807, 2.05) is 6.07 Å². The van der Waals surface area contributed by atoms with Gasteiger partial charge >= 0.3 is 0 Å². The number of halogens is 1. The molecule has 1 heterocycles. The van der Waals surface area contributed by atoms with Crippen molar-refractivity contribution in [3.8, 4) is 11.3 Å². The molecule has 3 rings (SSSR count). The summed E-state index contributed by atoms with van der Waals surface area (Å²) in [4.78, 5) is 9.14. The molecule has 1 aromatic heterocycles. The first-order valence-electron chi connectivity index (χ1n) is 5.84. The van der Waals surface area contributed by atoms with Crippen LogP contribution in [-0.4, -0.2) is 9.97 Å². The first-order valence-corrected chi connectivity index (χ1v) is 6.64. The highest BCUT2D eigenvalue weighted by molar-refractivity contribution is 9.10. The van der Waals surface area contributed by atoms with Gasteiger partial charge in [0.2, 0.25) is 0 Å². The Morgan fingerprint density at radius 3 is 2.65 bits per heavy atom. The van der Waals surface area contributed by atoms with Crippen LogP contribution in [0.4, 0.5) is 0 Å². The number of hydrogen-bond acceptors (Lipinski definition) is 2. The number of nitrogens with zero attached hydrogens (tertiary/aromatic N) is 2. The SMILES string of the molecule is Cc1ccccc1-c1cc(Br)nc(C2CC2)n1. The Morgan fingerprint density at radius 1 is 1.18 bits per heavy atom. The number of benzene rings is 1. The van der Waals surface area contributed by atoms with Gasteiger partial charge in [-0.2, -0.15) is 0 Å². The van der Waals surface area contributed by atoms with Crippen LogP contribution in [-0.2, 0) is 0 Å². The van der Waals surface area contributed by atoms with E-state index in [-0.39, 0.29) is 0 Å². The Morgan fingerprint density at radius 2 is 1.94 bits per heavy atom. The summed E-state index contributed by atoms with van der Waals surface area (Å²) in [5.41, 5.74) is 3.46. The van der Waals surface area contributed by atoms with Crippen LogP contribution in [0.15, 0.2) is 34.9 Å². The van der Waals surface area contributed by atoms with Gasteiger partial charge in [0.05, 0.1) is 5.69 Å². The number of aromatic nitrogens is 2. The molecule has 0 N–H and O–H groups in total. The Kier molecular flexibility index (Phi) is 2.71. The second-order valence-electron chi connectivity index (χ2n) is 4.52. The lowest BCUT2D eigenvalue weighted by atomic mass is 10.1. The van der Waals surface area contributed by atoms with E-state index in [9.17, 15) is 0 Å². The minimum atomic E-state index is 0.579. The highest BCUT2D eigenvalue weighted by Crippen LogP contribution is 2.39. The van der Waals surface area contributed by atoms with Crippen molar-refractivity contribution in [2.24, 2.45) is 0 Å². The van der Waals surface area contributed by atoms with Gasteiger partial charge in [-0.3, -0.25) is 0 Å². The van der Waals surface area contributed by atoms with E-state index in [0.717, 1.165) is 16.1 Å². The van der Waals surface area contributed by atoms with Crippen molar-refractivity contribution in [2.75, 3.05) is 0 Å². The van der Waals surface area contributed by atoms with E-state index in [4.69, 9.17) is 0 Å². The van der Waals surface area contributed by atoms with Crippen molar-refractivity contribution in [1.82, 2.24) is 9.97 Å². The van der Waals surface area contributed by atoms with Gasteiger partial charge in [-0.1, -0.05) is 24.3 Å². The first kappa shape index (κ1) is 10.9. The summed E-state index contributed by atoms with van der Waals surface area (Å²) < 4.78 is 0.882. The molecule has 1 fully saturated rings. The predicted octanol–water partition coefficient (Wildman–Crippen LogP) is 4.09. The van der Waals surface area contributed by atoms with Gasteiger partial charge in [0.15, 0.2) is 0 Å². The fourth-order valence-electron chi connectivity index (χ4n) is 1.96. The molecule has 0 amide bonds. The van der Waals surface area contributed by atoms with Crippen molar-refractivity contribution in [3.63, 3.8) is 0 Å². The Labute approximate surface area is 109 Å². The van der Waals surface area contributed by atoms with Gasteiger partial charge < -0.3 is 0 Å². The van der Waals surface area contributed by atoms with Crippen molar-refractivity contribution >= 4 is 15.9 Å². The van der Waals surface area contributed by atoms with Gasteiger partial charge in [-0.25, -0.2) is 9.97 Å². The van der Waals surface area contributed by atoms with E-state index in [0.29, 0.717) is 5.92 Å². The normalized spacial score (nSPS) is 14.9. The topological polar surface area (TPSA) is 25.8 Å². The third-order valence-corrected chi connectivity index (χ3v) is 3.48.